The van der Waals surface area contributed by atoms with Crippen molar-refractivity contribution in [1.29, 1.82) is 0 Å². The number of hydrogen-bond acceptors (Lipinski definition) is 4. The van der Waals surface area contributed by atoms with Crippen molar-refractivity contribution >= 4 is 21.4 Å². The summed E-state index contributed by atoms with van der Waals surface area (Å²) < 4.78 is 7.39. The number of rotatable bonds is 5. The van der Waals surface area contributed by atoms with Gasteiger partial charge in [-0.3, -0.25) is 5.32 Å². The molecule has 1 aliphatic carbocycles. The maximum Gasteiger partial charge on any atom is 0.176 e. The highest BCUT2D eigenvalue weighted by Crippen LogP contribution is 2.30. The summed E-state index contributed by atoms with van der Waals surface area (Å²) in [5.74, 6) is 0.827. The molecule has 0 saturated heterocycles. The molecule has 2 N–H and O–H groups in total. The maximum absolute atomic E-state index is 10.2. The normalized spacial score (nSPS) is 19.4. The third-order valence-corrected chi connectivity index (χ3v) is 5.78. The summed E-state index contributed by atoms with van der Waals surface area (Å²) in [5.41, 5.74) is 2.84. The summed E-state index contributed by atoms with van der Waals surface area (Å²) >= 11 is 1.70. The van der Waals surface area contributed by atoms with Crippen LogP contribution in [0.15, 0.2) is 53.9 Å². The van der Waals surface area contributed by atoms with Crippen LogP contribution in [0.2, 0.25) is 0 Å². The highest BCUT2D eigenvalue weighted by Gasteiger charge is 2.25. The minimum Gasteiger partial charge on any atom is -0.472 e. The molecule has 25 heavy (non-hydrogen) atoms. The molecule has 4 rings (SSSR count). The maximum atomic E-state index is 10.2. The first kappa shape index (κ1) is 16.6. The number of fused-ring (bicyclic) bond motifs is 2. The summed E-state index contributed by atoms with van der Waals surface area (Å²) in [6.45, 7) is 1.78. The fraction of sp³-hybridized carbons (Fsp3) is 0.333. The first-order valence-corrected chi connectivity index (χ1v) is 9.72. The van der Waals surface area contributed by atoms with Gasteiger partial charge in [0.05, 0.1) is 0 Å². The van der Waals surface area contributed by atoms with Crippen LogP contribution in [0.25, 0.3) is 10.1 Å². The van der Waals surface area contributed by atoms with Crippen LogP contribution in [0.5, 0.6) is 5.75 Å². The number of aliphatic hydroxyl groups is 1. The standard InChI is InChI=1S/C21H23NO2S/c1-14(23)21(24-19-7-4-8-20-18(19)11-12-25-20)22-17-10-9-15-5-2-3-6-16(15)13-17/h2-8,11-12,14,17,21-23H,9-10,13H2,1H3. The lowest BCUT2D eigenvalue weighted by Gasteiger charge is -2.31. The summed E-state index contributed by atoms with van der Waals surface area (Å²) in [7, 11) is 0. The number of thiophene rings is 1. The molecule has 4 heteroatoms. The molecule has 1 aliphatic rings. The average molecular weight is 353 g/mol. The van der Waals surface area contributed by atoms with E-state index in [1.807, 2.05) is 12.1 Å². The Bertz CT molecular complexity index is 858. The second-order valence-electron chi connectivity index (χ2n) is 6.74. The summed E-state index contributed by atoms with van der Waals surface area (Å²) in [6, 6.07) is 17.1. The lowest BCUT2D eigenvalue weighted by Crippen LogP contribution is -2.49. The van der Waals surface area contributed by atoms with E-state index in [9.17, 15) is 5.11 Å². The monoisotopic (exact) mass is 353 g/mol. The Kier molecular flexibility index (Phi) is 4.75. The molecule has 3 aromatic rings. The van der Waals surface area contributed by atoms with Crippen molar-refractivity contribution in [2.75, 3.05) is 0 Å². The first-order chi connectivity index (χ1) is 12.2. The molecule has 130 valence electrons. The molecule has 0 bridgehead atoms. The summed E-state index contributed by atoms with van der Waals surface area (Å²) in [5, 5.41) is 16.9. The van der Waals surface area contributed by atoms with Gasteiger partial charge in [0.2, 0.25) is 0 Å². The van der Waals surface area contributed by atoms with Gasteiger partial charge in [0.25, 0.3) is 0 Å². The molecule has 0 amide bonds. The van der Waals surface area contributed by atoms with Crippen LogP contribution >= 0.6 is 11.3 Å². The van der Waals surface area contributed by atoms with Crippen LogP contribution in [0, 0.1) is 0 Å². The molecule has 1 aromatic heterocycles. The predicted octanol–water partition coefficient (Wildman–Crippen LogP) is 4.13. The number of hydrogen-bond donors (Lipinski definition) is 2. The number of nitrogens with one attached hydrogen (secondary N) is 1. The van der Waals surface area contributed by atoms with E-state index < -0.39 is 12.3 Å². The van der Waals surface area contributed by atoms with Crippen LogP contribution in [-0.4, -0.2) is 23.5 Å². The van der Waals surface area contributed by atoms with E-state index in [0.717, 1.165) is 30.4 Å². The van der Waals surface area contributed by atoms with Crippen molar-refractivity contribution in [2.45, 2.75) is 44.6 Å². The second kappa shape index (κ2) is 7.16. The Morgan fingerprint density at radius 2 is 1.96 bits per heavy atom. The highest BCUT2D eigenvalue weighted by atomic mass is 32.1. The number of aryl methyl sites for hydroxylation is 1. The molecule has 1 heterocycles. The number of aliphatic hydroxyl groups excluding tert-OH is 1. The van der Waals surface area contributed by atoms with Crippen molar-refractivity contribution in [3.8, 4) is 5.75 Å². The zero-order valence-corrected chi connectivity index (χ0v) is 15.1. The van der Waals surface area contributed by atoms with Crippen LogP contribution in [0.3, 0.4) is 0 Å². The lowest BCUT2D eigenvalue weighted by molar-refractivity contribution is 0.0189. The first-order valence-electron chi connectivity index (χ1n) is 8.84. The number of benzene rings is 2. The van der Waals surface area contributed by atoms with Gasteiger partial charge >= 0.3 is 0 Å². The van der Waals surface area contributed by atoms with Crippen molar-refractivity contribution in [3.63, 3.8) is 0 Å². The van der Waals surface area contributed by atoms with Gasteiger partial charge in [0.1, 0.15) is 11.9 Å². The van der Waals surface area contributed by atoms with E-state index in [0.29, 0.717) is 6.04 Å². The molecule has 3 nitrogen and oxygen atoms in total. The molecule has 0 spiro atoms. The lowest BCUT2D eigenvalue weighted by atomic mass is 9.88. The van der Waals surface area contributed by atoms with Crippen LogP contribution < -0.4 is 10.1 Å². The molecule has 0 radical (unpaired) electrons. The Hall–Kier alpha value is -1.88. The molecule has 3 unspecified atom stereocenters. The average Bonchev–Trinajstić information content (AvgIpc) is 3.10. The third-order valence-electron chi connectivity index (χ3n) is 4.89. The topological polar surface area (TPSA) is 41.5 Å². The van der Waals surface area contributed by atoms with Gasteiger partial charge in [-0.2, -0.15) is 0 Å². The SMILES string of the molecule is CC(O)C(NC1CCc2ccccc2C1)Oc1cccc2sccc12. The Labute approximate surface area is 152 Å². The minimum absolute atomic E-state index is 0.316. The minimum atomic E-state index is -0.592. The third kappa shape index (κ3) is 3.56. The van der Waals surface area contributed by atoms with Crippen LogP contribution in [-0.2, 0) is 12.8 Å². The van der Waals surface area contributed by atoms with E-state index >= 15 is 0 Å². The van der Waals surface area contributed by atoms with E-state index in [-0.39, 0.29) is 0 Å². The van der Waals surface area contributed by atoms with Gasteiger partial charge in [-0.25, -0.2) is 0 Å². The molecule has 2 aromatic carbocycles. The van der Waals surface area contributed by atoms with E-state index in [1.54, 1.807) is 18.3 Å². The fourth-order valence-corrected chi connectivity index (χ4v) is 4.35. The predicted molar refractivity (Wildman–Crippen MR) is 103 cm³/mol. The zero-order chi connectivity index (χ0) is 17.2. The molecular weight excluding hydrogens is 330 g/mol. The summed E-state index contributed by atoms with van der Waals surface area (Å²) in [4.78, 5) is 0. The van der Waals surface area contributed by atoms with E-state index in [1.165, 1.54) is 15.8 Å². The highest BCUT2D eigenvalue weighted by molar-refractivity contribution is 7.17. The van der Waals surface area contributed by atoms with E-state index in [4.69, 9.17) is 4.74 Å². The largest absolute Gasteiger partial charge is 0.472 e. The fourth-order valence-electron chi connectivity index (χ4n) is 3.55. The van der Waals surface area contributed by atoms with Crippen molar-refractivity contribution in [1.82, 2.24) is 5.32 Å². The van der Waals surface area contributed by atoms with E-state index in [2.05, 4.69) is 47.1 Å². The Balaban J connectivity index is 1.50. The van der Waals surface area contributed by atoms with Crippen LogP contribution in [0.1, 0.15) is 24.5 Å². The molecule has 3 atom stereocenters. The quantitative estimate of drug-likeness (QED) is 0.678. The van der Waals surface area contributed by atoms with Gasteiger partial charge in [0.15, 0.2) is 6.23 Å². The summed E-state index contributed by atoms with van der Waals surface area (Å²) in [6.07, 6.45) is 2.10. The van der Waals surface area contributed by atoms with Gasteiger partial charge < -0.3 is 9.84 Å². The zero-order valence-electron chi connectivity index (χ0n) is 14.3. The van der Waals surface area contributed by atoms with Gasteiger partial charge in [-0.05, 0) is 60.9 Å². The van der Waals surface area contributed by atoms with Gasteiger partial charge in [-0.15, -0.1) is 11.3 Å². The van der Waals surface area contributed by atoms with Crippen LogP contribution in [0.4, 0.5) is 0 Å². The van der Waals surface area contributed by atoms with Crippen molar-refractivity contribution < 1.29 is 9.84 Å². The number of ether oxygens (including phenoxy) is 1. The molecule has 0 aliphatic heterocycles. The van der Waals surface area contributed by atoms with Crippen molar-refractivity contribution in [3.05, 3.63) is 65.0 Å². The Morgan fingerprint density at radius 3 is 2.80 bits per heavy atom. The molecular formula is C21H23NO2S. The van der Waals surface area contributed by atoms with Crippen molar-refractivity contribution in [2.24, 2.45) is 0 Å². The Morgan fingerprint density at radius 1 is 1.12 bits per heavy atom. The molecule has 0 fully saturated rings. The van der Waals surface area contributed by atoms with Gasteiger partial charge in [-0.1, -0.05) is 30.3 Å². The van der Waals surface area contributed by atoms with Gasteiger partial charge in [0, 0.05) is 16.1 Å². The second-order valence-corrected chi connectivity index (χ2v) is 7.69. The smallest absolute Gasteiger partial charge is 0.176 e. The molecule has 0 saturated carbocycles.